The van der Waals surface area contributed by atoms with Crippen LogP contribution in [0.5, 0.6) is 0 Å². The first-order valence-corrected chi connectivity index (χ1v) is 14.9. The highest BCUT2D eigenvalue weighted by Gasteiger charge is 2.44. The lowest BCUT2D eigenvalue weighted by Crippen LogP contribution is -2.53. The molecule has 1 aromatic heterocycles. The highest BCUT2D eigenvalue weighted by atomic mass is 35.5. The molecule has 0 aliphatic carbocycles. The van der Waals surface area contributed by atoms with Crippen LogP contribution in [0.4, 0.5) is 9.18 Å². The van der Waals surface area contributed by atoms with Crippen molar-refractivity contribution in [3.05, 3.63) is 62.5 Å². The van der Waals surface area contributed by atoms with E-state index in [4.69, 9.17) is 21.3 Å². The van der Waals surface area contributed by atoms with Gasteiger partial charge in [-0.2, -0.15) is 0 Å². The molecule has 2 saturated heterocycles. The van der Waals surface area contributed by atoms with E-state index in [-0.39, 0.29) is 35.8 Å². The zero-order chi connectivity index (χ0) is 30.2. The van der Waals surface area contributed by atoms with Crippen LogP contribution in [-0.2, 0) is 14.3 Å². The fourth-order valence-corrected chi connectivity index (χ4v) is 6.28. The van der Waals surface area contributed by atoms with Crippen LogP contribution in [0, 0.1) is 11.2 Å². The SMILES string of the molecule is CCOC(=O)C1=C(CN2CCN3C(=O)N(CC(C)(C)C(=O)O)CC3C2)NC(c2nccs2)=N[C@H]1c1cccc(F)c1Cl. The number of carbonyl (C=O) groups is 3. The number of aromatic nitrogens is 1. The number of aliphatic carboxylic acids is 1. The number of amides is 2. The van der Waals surface area contributed by atoms with Crippen molar-refractivity contribution in [2.24, 2.45) is 10.4 Å². The Bertz CT molecular complexity index is 1450. The van der Waals surface area contributed by atoms with Gasteiger partial charge in [0.25, 0.3) is 0 Å². The number of piperazine rings is 1. The molecule has 0 bridgehead atoms. The van der Waals surface area contributed by atoms with E-state index in [1.54, 1.807) is 42.8 Å². The first kappa shape index (κ1) is 29.9. The van der Waals surface area contributed by atoms with Gasteiger partial charge in [-0.05, 0) is 26.8 Å². The van der Waals surface area contributed by atoms with Gasteiger partial charge in [0, 0.05) is 62.1 Å². The molecule has 2 aromatic rings. The molecule has 224 valence electrons. The van der Waals surface area contributed by atoms with Crippen LogP contribution in [0.3, 0.4) is 0 Å². The number of nitrogens with zero attached hydrogens (tertiary/aromatic N) is 5. The topological polar surface area (TPSA) is 128 Å². The van der Waals surface area contributed by atoms with Crippen LogP contribution in [0.2, 0.25) is 5.02 Å². The second-order valence-electron chi connectivity index (χ2n) is 11.0. The molecule has 2 amide bonds. The Morgan fingerprint density at radius 2 is 2.07 bits per heavy atom. The number of carboxylic acids is 1. The molecule has 2 fully saturated rings. The first-order valence-electron chi connectivity index (χ1n) is 13.6. The van der Waals surface area contributed by atoms with Gasteiger partial charge < -0.3 is 25.0 Å². The minimum Gasteiger partial charge on any atom is -0.481 e. The summed E-state index contributed by atoms with van der Waals surface area (Å²) in [4.78, 5) is 52.8. The van der Waals surface area contributed by atoms with Gasteiger partial charge in [0.05, 0.1) is 28.7 Å². The summed E-state index contributed by atoms with van der Waals surface area (Å²) in [5.74, 6) is -1.76. The maximum Gasteiger partial charge on any atom is 0.338 e. The van der Waals surface area contributed by atoms with E-state index in [0.29, 0.717) is 54.8 Å². The highest BCUT2D eigenvalue weighted by Crippen LogP contribution is 2.38. The van der Waals surface area contributed by atoms with E-state index in [2.05, 4.69) is 15.2 Å². The van der Waals surface area contributed by atoms with E-state index >= 15 is 0 Å². The standard InChI is InChI=1S/C28H32ClFN6O5S/c1-4-41-25(37)20-19(14-34-9-10-36-16(12-34)13-35(27(36)40)15-28(2,3)26(38)39)32-23(24-31-8-11-42-24)33-22(20)17-6-5-7-18(30)21(17)29/h5-8,11,16,22H,4,9-10,12-15H2,1-3H3,(H,32,33)(H,38,39)/t16?,22-/m0/s1. The predicted molar refractivity (Wildman–Crippen MR) is 155 cm³/mol. The van der Waals surface area contributed by atoms with Gasteiger partial charge in [0.15, 0.2) is 10.8 Å². The minimum absolute atomic E-state index is 0.109. The lowest BCUT2D eigenvalue weighted by molar-refractivity contribution is -0.147. The summed E-state index contributed by atoms with van der Waals surface area (Å²) in [6, 6.07) is 3.15. The summed E-state index contributed by atoms with van der Waals surface area (Å²) < 4.78 is 20.0. The number of hydrogen-bond donors (Lipinski definition) is 2. The van der Waals surface area contributed by atoms with Gasteiger partial charge in [-0.1, -0.05) is 23.7 Å². The number of hydrogen-bond acceptors (Lipinski definition) is 9. The van der Waals surface area contributed by atoms with Gasteiger partial charge in [-0.25, -0.2) is 19.0 Å². The van der Waals surface area contributed by atoms with E-state index in [0.717, 1.165) is 0 Å². The van der Waals surface area contributed by atoms with Crippen molar-refractivity contribution in [2.45, 2.75) is 32.9 Å². The van der Waals surface area contributed by atoms with E-state index in [1.807, 2.05) is 5.38 Å². The van der Waals surface area contributed by atoms with Crippen molar-refractivity contribution in [3.63, 3.8) is 0 Å². The molecule has 42 heavy (non-hydrogen) atoms. The van der Waals surface area contributed by atoms with Crippen LogP contribution >= 0.6 is 22.9 Å². The number of urea groups is 1. The average molecular weight is 619 g/mol. The van der Waals surface area contributed by atoms with Gasteiger partial charge in [0.1, 0.15) is 11.9 Å². The van der Waals surface area contributed by atoms with Gasteiger partial charge in [-0.15, -0.1) is 11.3 Å². The Balaban J connectivity index is 1.45. The van der Waals surface area contributed by atoms with Crippen molar-refractivity contribution < 1.29 is 28.6 Å². The molecule has 3 aliphatic rings. The monoisotopic (exact) mass is 618 g/mol. The Kier molecular flexibility index (Phi) is 8.53. The zero-order valence-electron chi connectivity index (χ0n) is 23.5. The molecule has 5 rings (SSSR count). The third kappa shape index (κ3) is 5.86. The van der Waals surface area contributed by atoms with Crippen LogP contribution in [0.15, 0.2) is 46.0 Å². The Labute approximate surface area is 251 Å². The van der Waals surface area contributed by atoms with Crippen LogP contribution < -0.4 is 5.32 Å². The average Bonchev–Trinajstić information content (AvgIpc) is 3.58. The molecule has 2 atom stereocenters. The summed E-state index contributed by atoms with van der Waals surface area (Å²) in [6.45, 7) is 7.32. The molecular formula is C28H32ClFN6O5S. The number of carbonyl (C=O) groups excluding carboxylic acids is 2. The number of esters is 1. The van der Waals surface area contributed by atoms with Crippen LogP contribution in [0.25, 0.3) is 0 Å². The van der Waals surface area contributed by atoms with Crippen molar-refractivity contribution in [1.29, 1.82) is 0 Å². The summed E-state index contributed by atoms with van der Waals surface area (Å²) >= 11 is 7.76. The van der Waals surface area contributed by atoms with Gasteiger partial charge >= 0.3 is 18.0 Å². The molecule has 3 aliphatic heterocycles. The number of benzene rings is 1. The molecule has 11 nitrogen and oxygen atoms in total. The smallest absolute Gasteiger partial charge is 0.338 e. The lowest BCUT2D eigenvalue weighted by Gasteiger charge is -2.38. The highest BCUT2D eigenvalue weighted by molar-refractivity contribution is 7.11. The fraction of sp³-hybridized carbons (Fsp3) is 0.464. The van der Waals surface area contributed by atoms with E-state index < -0.39 is 29.2 Å². The summed E-state index contributed by atoms with van der Waals surface area (Å²) in [6.07, 6.45) is 1.65. The molecule has 4 heterocycles. The normalized spacial score (nSPS) is 21.3. The van der Waals surface area contributed by atoms with Crippen LogP contribution in [0.1, 0.15) is 37.4 Å². The molecule has 0 saturated carbocycles. The second kappa shape index (κ2) is 12.0. The summed E-state index contributed by atoms with van der Waals surface area (Å²) in [5, 5.41) is 15.1. The lowest BCUT2D eigenvalue weighted by atomic mass is 9.93. The number of nitrogens with one attached hydrogen (secondary N) is 1. The van der Waals surface area contributed by atoms with Crippen molar-refractivity contribution in [1.82, 2.24) is 25.0 Å². The van der Waals surface area contributed by atoms with Crippen molar-refractivity contribution in [2.75, 3.05) is 45.9 Å². The molecule has 14 heteroatoms. The minimum atomic E-state index is -1.08. The number of halogens is 2. The molecule has 1 unspecified atom stereocenters. The zero-order valence-corrected chi connectivity index (χ0v) is 25.0. The predicted octanol–water partition coefficient (Wildman–Crippen LogP) is 3.38. The molecule has 0 radical (unpaired) electrons. The maximum atomic E-state index is 14.6. The molecule has 2 N–H and O–H groups in total. The van der Waals surface area contributed by atoms with Gasteiger partial charge in [-0.3, -0.25) is 14.7 Å². The Morgan fingerprint density at radius 3 is 2.76 bits per heavy atom. The van der Waals surface area contributed by atoms with Crippen LogP contribution in [-0.4, -0.2) is 101 Å². The van der Waals surface area contributed by atoms with E-state index in [1.165, 1.54) is 23.5 Å². The quantitative estimate of drug-likeness (QED) is 0.410. The number of fused-ring (bicyclic) bond motifs is 1. The Hall–Kier alpha value is -3.55. The third-order valence-electron chi connectivity index (χ3n) is 7.59. The molecule has 0 spiro atoms. The Morgan fingerprint density at radius 1 is 1.29 bits per heavy atom. The second-order valence-corrected chi connectivity index (χ2v) is 12.3. The number of rotatable bonds is 9. The summed E-state index contributed by atoms with van der Waals surface area (Å²) in [7, 11) is 0. The van der Waals surface area contributed by atoms with Crippen molar-refractivity contribution >= 4 is 46.7 Å². The van der Waals surface area contributed by atoms with Crippen molar-refractivity contribution in [3.8, 4) is 0 Å². The maximum absolute atomic E-state index is 14.6. The van der Waals surface area contributed by atoms with E-state index in [9.17, 15) is 23.9 Å². The fourth-order valence-electron chi connectivity index (χ4n) is 5.46. The number of carboxylic acid groups (broad SMARTS) is 1. The number of thiazole rings is 1. The largest absolute Gasteiger partial charge is 0.481 e. The molecular weight excluding hydrogens is 587 g/mol. The number of amidine groups is 1. The first-order chi connectivity index (χ1) is 20.0. The molecule has 1 aromatic carbocycles. The van der Waals surface area contributed by atoms with Gasteiger partial charge in [0.2, 0.25) is 0 Å². The number of aliphatic imine (C=N–C) groups is 1. The number of ether oxygens (including phenoxy) is 1. The third-order valence-corrected chi connectivity index (χ3v) is 8.77. The summed E-state index contributed by atoms with van der Waals surface area (Å²) in [5.41, 5.74) is 0.00406.